The quantitative estimate of drug-likeness (QED) is 0.687. The van der Waals surface area contributed by atoms with Gasteiger partial charge in [0.1, 0.15) is 0 Å². The summed E-state index contributed by atoms with van der Waals surface area (Å²) in [6.45, 7) is 0.611. The monoisotopic (exact) mass is 225 g/mol. The first-order valence-corrected chi connectivity index (χ1v) is 5.41. The average Bonchev–Trinajstić information content (AvgIpc) is 2.85. The first-order valence-electron chi connectivity index (χ1n) is 5.41. The molecular weight excluding hydrogens is 214 g/mol. The Balaban J connectivity index is 2.24. The molecule has 0 radical (unpaired) electrons. The van der Waals surface area contributed by atoms with Crippen LogP contribution in [0.2, 0.25) is 0 Å². The number of nitriles is 1. The molecule has 0 amide bonds. The van der Waals surface area contributed by atoms with E-state index in [0.717, 1.165) is 28.9 Å². The summed E-state index contributed by atoms with van der Waals surface area (Å²) in [5.74, 6) is 0.790. The summed E-state index contributed by atoms with van der Waals surface area (Å²) in [5, 5.41) is 8.83. The highest BCUT2D eigenvalue weighted by molar-refractivity contribution is 5.81. The van der Waals surface area contributed by atoms with Gasteiger partial charge in [-0.05, 0) is 24.7 Å². The van der Waals surface area contributed by atoms with E-state index in [1.807, 2.05) is 16.7 Å². The van der Waals surface area contributed by atoms with Gasteiger partial charge >= 0.3 is 0 Å². The molecule has 5 nitrogen and oxygen atoms in total. The topological polar surface area (TPSA) is 82.9 Å². The van der Waals surface area contributed by atoms with E-state index in [1.165, 1.54) is 0 Å². The number of H-pyrrole nitrogens is 1. The zero-order chi connectivity index (χ0) is 11.8. The van der Waals surface area contributed by atoms with Gasteiger partial charge in [-0.2, -0.15) is 5.26 Å². The summed E-state index contributed by atoms with van der Waals surface area (Å²) in [6, 6.07) is 7.61. The van der Waals surface area contributed by atoms with Gasteiger partial charge in [0, 0.05) is 18.3 Å². The van der Waals surface area contributed by atoms with Gasteiger partial charge in [-0.1, -0.05) is 0 Å². The minimum Gasteiger partial charge on any atom is -0.330 e. The fourth-order valence-electron chi connectivity index (χ4n) is 2.00. The molecule has 3 N–H and O–H groups in total. The number of nitrogens with two attached hydrogens (primary N) is 1. The fraction of sp³-hybridized carbons (Fsp3) is 0.167. The van der Waals surface area contributed by atoms with Crippen LogP contribution < -0.4 is 5.73 Å². The van der Waals surface area contributed by atoms with Crippen molar-refractivity contribution < 1.29 is 0 Å². The number of aromatic nitrogens is 3. The van der Waals surface area contributed by atoms with Gasteiger partial charge < -0.3 is 10.7 Å². The van der Waals surface area contributed by atoms with Crippen LogP contribution in [0.4, 0.5) is 0 Å². The highest BCUT2D eigenvalue weighted by Crippen LogP contribution is 2.18. The second-order valence-electron chi connectivity index (χ2n) is 3.94. The Kier molecular flexibility index (Phi) is 2.10. The van der Waals surface area contributed by atoms with Crippen LogP contribution in [0.15, 0.2) is 24.4 Å². The third kappa shape index (κ3) is 1.47. The largest absolute Gasteiger partial charge is 0.330 e. The van der Waals surface area contributed by atoms with E-state index < -0.39 is 0 Å². The normalized spacial score (nSPS) is 11.1. The Hall–Kier alpha value is -2.32. The number of fused-ring (bicyclic) bond motifs is 3. The Labute approximate surface area is 97.5 Å². The lowest BCUT2D eigenvalue weighted by Crippen LogP contribution is -2.02. The van der Waals surface area contributed by atoms with E-state index in [1.54, 1.807) is 12.1 Å². The standard InChI is InChI=1S/C12H11N5/c13-4-3-9-7-17-11-2-1-8(6-14)5-10(11)16-12(17)15-9/h1-2,5,7H,3-4,13H2,(H,15,16). The highest BCUT2D eigenvalue weighted by atomic mass is 15.1. The van der Waals surface area contributed by atoms with Crippen molar-refractivity contribution in [3.63, 3.8) is 0 Å². The van der Waals surface area contributed by atoms with Crippen LogP contribution in [0.3, 0.4) is 0 Å². The molecule has 0 saturated heterocycles. The lowest BCUT2D eigenvalue weighted by molar-refractivity contribution is 0.936. The van der Waals surface area contributed by atoms with Crippen molar-refractivity contribution in [2.75, 3.05) is 6.54 Å². The molecule has 0 unspecified atom stereocenters. The molecule has 1 aromatic carbocycles. The van der Waals surface area contributed by atoms with Gasteiger partial charge in [0.2, 0.25) is 5.78 Å². The molecule has 2 heterocycles. The average molecular weight is 225 g/mol. The molecule has 17 heavy (non-hydrogen) atoms. The SMILES string of the molecule is N#Cc1ccc2c(c1)nc1[nH]c(CCN)cn12. The Morgan fingerprint density at radius 3 is 3.12 bits per heavy atom. The zero-order valence-electron chi connectivity index (χ0n) is 9.14. The lowest BCUT2D eigenvalue weighted by Gasteiger charge is -1.92. The summed E-state index contributed by atoms with van der Waals surface area (Å²) in [5.41, 5.74) is 9.04. The van der Waals surface area contributed by atoms with Crippen molar-refractivity contribution in [3.05, 3.63) is 35.7 Å². The molecule has 0 saturated carbocycles. The number of hydrogen-bond acceptors (Lipinski definition) is 3. The Morgan fingerprint density at radius 1 is 1.47 bits per heavy atom. The molecular formula is C12H11N5. The van der Waals surface area contributed by atoms with E-state index in [9.17, 15) is 0 Å². The summed E-state index contributed by atoms with van der Waals surface area (Å²) in [6.07, 6.45) is 2.81. The lowest BCUT2D eigenvalue weighted by atomic mass is 10.2. The van der Waals surface area contributed by atoms with Gasteiger partial charge in [0.15, 0.2) is 0 Å². The van der Waals surface area contributed by atoms with Crippen LogP contribution in [0, 0.1) is 11.3 Å². The third-order valence-corrected chi connectivity index (χ3v) is 2.79. The van der Waals surface area contributed by atoms with Crippen molar-refractivity contribution in [2.45, 2.75) is 6.42 Å². The molecule has 0 aliphatic rings. The number of benzene rings is 1. The molecule has 0 spiro atoms. The van der Waals surface area contributed by atoms with E-state index in [0.29, 0.717) is 12.1 Å². The van der Waals surface area contributed by atoms with Crippen LogP contribution in [-0.4, -0.2) is 20.9 Å². The molecule has 0 fully saturated rings. The van der Waals surface area contributed by atoms with Crippen LogP contribution >= 0.6 is 0 Å². The van der Waals surface area contributed by atoms with Crippen LogP contribution in [0.25, 0.3) is 16.8 Å². The zero-order valence-corrected chi connectivity index (χ0v) is 9.14. The van der Waals surface area contributed by atoms with Crippen molar-refractivity contribution in [2.24, 2.45) is 5.73 Å². The first-order chi connectivity index (χ1) is 8.31. The van der Waals surface area contributed by atoms with E-state index in [-0.39, 0.29) is 0 Å². The number of rotatable bonds is 2. The van der Waals surface area contributed by atoms with E-state index in [2.05, 4.69) is 16.0 Å². The first kappa shape index (κ1) is 9.87. The maximum absolute atomic E-state index is 8.83. The molecule has 3 rings (SSSR count). The maximum Gasteiger partial charge on any atom is 0.212 e. The molecule has 0 aliphatic heterocycles. The number of nitrogens with one attached hydrogen (secondary N) is 1. The summed E-state index contributed by atoms with van der Waals surface area (Å²) >= 11 is 0. The molecule has 2 aromatic heterocycles. The summed E-state index contributed by atoms with van der Waals surface area (Å²) in [4.78, 5) is 7.65. The number of aromatic amines is 1. The Morgan fingerprint density at radius 2 is 2.35 bits per heavy atom. The molecule has 0 atom stereocenters. The number of nitrogens with zero attached hydrogens (tertiary/aromatic N) is 3. The Bertz CT molecular complexity index is 728. The minimum atomic E-state index is 0.611. The molecule has 0 aliphatic carbocycles. The van der Waals surface area contributed by atoms with Crippen LogP contribution in [0.1, 0.15) is 11.3 Å². The van der Waals surface area contributed by atoms with Gasteiger partial charge in [0.25, 0.3) is 0 Å². The second kappa shape index (κ2) is 3.61. The molecule has 5 heteroatoms. The van der Waals surface area contributed by atoms with Gasteiger partial charge in [-0.15, -0.1) is 0 Å². The molecule has 0 bridgehead atoms. The van der Waals surface area contributed by atoms with Crippen molar-refractivity contribution in [3.8, 4) is 6.07 Å². The third-order valence-electron chi connectivity index (χ3n) is 2.79. The van der Waals surface area contributed by atoms with Gasteiger partial charge in [0.05, 0.1) is 22.7 Å². The van der Waals surface area contributed by atoms with Crippen LogP contribution in [0.5, 0.6) is 0 Å². The number of imidazole rings is 2. The molecule has 3 aromatic rings. The van der Waals surface area contributed by atoms with E-state index >= 15 is 0 Å². The van der Waals surface area contributed by atoms with E-state index in [4.69, 9.17) is 11.0 Å². The van der Waals surface area contributed by atoms with Gasteiger partial charge in [-0.3, -0.25) is 4.40 Å². The highest BCUT2D eigenvalue weighted by Gasteiger charge is 2.08. The van der Waals surface area contributed by atoms with Crippen LogP contribution in [-0.2, 0) is 6.42 Å². The smallest absolute Gasteiger partial charge is 0.212 e. The van der Waals surface area contributed by atoms with Crippen molar-refractivity contribution in [1.82, 2.24) is 14.4 Å². The summed E-state index contributed by atoms with van der Waals surface area (Å²) in [7, 11) is 0. The predicted octanol–water partition coefficient (Wildman–Crippen LogP) is 1.19. The predicted molar refractivity (Wildman–Crippen MR) is 64.5 cm³/mol. The fourth-order valence-corrected chi connectivity index (χ4v) is 2.00. The number of hydrogen-bond donors (Lipinski definition) is 2. The van der Waals surface area contributed by atoms with Crippen molar-refractivity contribution in [1.29, 1.82) is 5.26 Å². The summed E-state index contributed by atoms with van der Waals surface area (Å²) < 4.78 is 1.99. The maximum atomic E-state index is 8.83. The molecule has 84 valence electrons. The minimum absolute atomic E-state index is 0.611. The van der Waals surface area contributed by atoms with Crippen molar-refractivity contribution >= 4 is 16.8 Å². The van der Waals surface area contributed by atoms with Gasteiger partial charge in [-0.25, -0.2) is 4.98 Å². The second-order valence-corrected chi connectivity index (χ2v) is 3.94.